The maximum atomic E-state index is 12.7. The second-order valence-corrected chi connectivity index (χ2v) is 10.4. The number of aromatic amines is 1. The first kappa shape index (κ1) is 31.3. The first-order chi connectivity index (χ1) is 18.5. The molecule has 0 aliphatic heterocycles. The van der Waals surface area contributed by atoms with Gasteiger partial charge in [-0.15, -0.1) is 0 Å². The Kier molecular flexibility index (Phi) is 12.9. The smallest absolute Gasteiger partial charge is 0.315 e. The highest BCUT2D eigenvalue weighted by molar-refractivity contribution is 5.83. The highest BCUT2D eigenvalue weighted by Gasteiger charge is 2.19. The molecule has 0 aliphatic carbocycles. The summed E-state index contributed by atoms with van der Waals surface area (Å²) in [4.78, 5) is 39.7. The van der Waals surface area contributed by atoms with E-state index in [0.29, 0.717) is 32.4 Å². The molecule has 0 aliphatic rings. The maximum absolute atomic E-state index is 12.7. The first-order valence-electron chi connectivity index (χ1n) is 13.5. The van der Waals surface area contributed by atoms with Crippen molar-refractivity contribution in [1.29, 1.82) is 5.41 Å². The fourth-order valence-corrected chi connectivity index (χ4v) is 4.35. The Morgan fingerprint density at radius 2 is 1.64 bits per heavy atom. The number of para-hydroxylation sites is 1. The highest BCUT2D eigenvalue weighted by Crippen LogP contribution is 2.20. The number of hydrogen-bond acceptors (Lipinski definition) is 4. The predicted molar refractivity (Wildman–Crippen MR) is 154 cm³/mol. The van der Waals surface area contributed by atoms with Gasteiger partial charge in [-0.1, -0.05) is 39.0 Å². The van der Waals surface area contributed by atoms with Crippen molar-refractivity contribution in [2.45, 2.75) is 65.0 Å². The van der Waals surface area contributed by atoms with Crippen molar-refractivity contribution in [2.75, 3.05) is 19.6 Å². The number of urea groups is 2. The fourth-order valence-electron chi connectivity index (χ4n) is 4.35. The van der Waals surface area contributed by atoms with Gasteiger partial charge in [0, 0.05) is 55.2 Å². The largest absolute Gasteiger partial charge is 0.370 e. The standard InChI is InChI=1S/C27H45N9O3/c1-17(2)22(10-11-24(28)37)36-27(39)34-16-20(7-6-12-31-25(29)30)35-26(38)33-14-18(3)13-19-15-32-23-9-5-4-8-21(19)23/h4-5,8-9,15,17-18,20,22,32H,6-7,10-14,16H2,1-3H3,(H2,28,37)(H4,29,30,31)(H2,33,35,38)(H2,34,36,39)/t18-,20-,22+/m0/s1. The van der Waals surface area contributed by atoms with Crippen molar-refractivity contribution < 1.29 is 14.4 Å². The number of guanidine groups is 1. The highest BCUT2D eigenvalue weighted by atomic mass is 16.2. The number of nitrogens with two attached hydrogens (primary N) is 2. The van der Waals surface area contributed by atoms with Gasteiger partial charge >= 0.3 is 12.1 Å². The molecule has 0 unspecified atom stereocenters. The molecule has 0 spiro atoms. The lowest BCUT2D eigenvalue weighted by Gasteiger charge is -2.24. The van der Waals surface area contributed by atoms with Crippen molar-refractivity contribution in [3.8, 4) is 0 Å². The van der Waals surface area contributed by atoms with Gasteiger partial charge in [-0.25, -0.2) is 9.59 Å². The average molecular weight is 544 g/mol. The molecule has 11 N–H and O–H groups in total. The molecule has 39 heavy (non-hydrogen) atoms. The zero-order valence-corrected chi connectivity index (χ0v) is 23.2. The van der Waals surface area contributed by atoms with Gasteiger partial charge in [0.15, 0.2) is 5.96 Å². The van der Waals surface area contributed by atoms with Gasteiger partial charge < -0.3 is 43.0 Å². The van der Waals surface area contributed by atoms with Crippen LogP contribution in [0.2, 0.25) is 0 Å². The number of fused-ring (bicyclic) bond motifs is 1. The number of rotatable bonds is 16. The van der Waals surface area contributed by atoms with Gasteiger partial charge in [-0.05, 0) is 49.1 Å². The molecule has 2 aromatic rings. The molecular weight excluding hydrogens is 498 g/mol. The molecule has 12 heteroatoms. The summed E-state index contributed by atoms with van der Waals surface area (Å²) >= 11 is 0. The molecule has 12 nitrogen and oxygen atoms in total. The van der Waals surface area contributed by atoms with Crippen LogP contribution >= 0.6 is 0 Å². The van der Waals surface area contributed by atoms with E-state index in [-0.39, 0.29) is 54.9 Å². The van der Waals surface area contributed by atoms with Crippen LogP contribution in [-0.4, -0.2) is 60.6 Å². The van der Waals surface area contributed by atoms with E-state index in [1.54, 1.807) is 0 Å². The van der Waals surface area contributed by atoms with Gasteiger partial charge in [-0.2, -0.15) is 0 Å². The number of aromatic nitrogens is 1. The molecule has 0 fully saturated rings. The van der Waals surface area contributed by atoms with Crippen molar-refractivity contribution in [2.24, 2.45) is 23.3 Å². The van der Waals surface area contributed by atoms with E-state index in [2.05, 4.69) is 44.6 Å². The summed E-state index contributed by atoms with van der Waals surface area (Å²) in [6.07, 6.45) is 4.68. The van der Waals surface area contributed by atoms with E-state index < -0.39 is 5.91 Å². The third-order valence-electron chi connectivity index (χ3n) is 6.57. The average Bonchev–Trinajstić information content (AvgIpc) is 3.28. The van der Waals surface area contributed by atoms with Crippen molar-refractivity contribution in [3.05, 3.63) is 36.0 Å². The van der Waals surface area contributed by atoms with Crippen molar-refractivity contribution in [3.63, 3.8) is 0 Å². The van der Waals surface area contributed by atoms with E-state index in [4.69, 9.17) is 16.9 Å². The zero-order chi connectivity index (χ0) is 28.8. The van der Waals surface area contributed by atoms with Crippen LogP contribution in [0.5, 0.6) is 0 Å². The topological polar surface area (TPSA) is 203 Å². The number of carbonyl (C=O) groups is 3. The summed E-state index contributed by atoms with van der Waals surface area (Å²) in [7, 11) is 0. The molecule has 0 radical (unpaired) electrons. The lowest BCUT2D eigenvalue weighted by atomic mass is 9.99. The predicted octanol–water partition coefficient (Wildman–Crippen LogP) is 1.87. The number of carbonyl (C=O) groups excluding carboxylic acids is 3. The summed E-state index contributed by atoms with van der Waals surface area (Å²) in [6.45, 7) is 7.19. The second-order valence-electron chi connectivity index (χ2n) is 10.4. The third kappa shape index (κ3) is 12.0. The molecule has 5 amide bonds. The van der Waals surface area contributed by atoms with Crippen LogP contribution in [0.4, 0.5) is 9.59 Å². The van der Waals surface area contributed by atoms with E-state index in [0.717, 1.165) is 11.9 Å². The molecule has 216 valence electrons. The van der Waals surface area contributed by atoms with Crippen LogP contribution < -0.4 is 38.1 Å². The van der Waals surface area contributed by atoms with E-state index in [9.17, 15) is 14.4 Å². The van der Waals surface area contributed by atoms with Crippen LogP contribution in [0.1, 0.15) is 52.0 Å². The first-order valence-corrected chi connectivity index (χ1v) is 13.5. The van der Waals surface area contributed by atoms with E-state index in [1.807, 2.05) is 38.2 Å². The summed E-state index contributed by atoms with van der Waals surface area (Å²) < 4.78 is 0. The van der Waals surface area contributed by atoms with Gasteiger partial charge in [0.05, 0.1) is 0 Å². The van der Waals surface area contributed by atoms with Gasteiger partial charge in [0.1, 0.15) is 0 Å². The molecule has 1 heterocycles. The number of amides is 5. The number of primary amides is 1. The Balaban J connectivity index is 1.85. The quantitative estimate of drug-likeness (QED) is 0.0881. The van der Waals surface area contributed by atoms with Crippen LogP contribution in [0, 0.1) is 17.2 Å². The molecule has 3 atom stereocenters. The molecule has 0 bridgehead atoms. The van der Waals surface area contributed by atoms with Gasteiger partial charge in [0.2, 0.25) is 5.91 Å². The molecule has 2 rings (SSSR count). The Labute approximate surface area is 230 Å². The van der Waals surface area contributed by atoms with Crippen LogP contribution in [0.25, 0.3) is 10.9 Å². The summed E-state index contributed by atoms with van der Waals surface area (Å²) in [6, 6.07) is 6.91. The minimum Gasteiger partial charge on any atom is -0.370 e. The normalized spacial score (nSPS) is 13.3. The number of H-pyrrole nitrogens is 1. The lowest BCUT2D eigenvalue weighted by molar-refractivity contribution is -0.118. The molecular formula is C27H45N9O3. The number of nitrogens with one attached hydrogen (secondary N) is 7. The van der Waals surface area contributed by atoms with Crippen molar-refractivity contribution >= 4 is 34.8 Å². The Hall–Kier alpha value is -3.96. The second kappa shape index (κ2) is 16.1. The minimum absolute atomic E-state index is 0.116. The van der Waals surface area contributed by atoms with Crippen LogP contribution in [-0.2, 0) is 11.2 Å². The van der Waals surface area contributed by atoms with Gasteiger partial charge in [-0.3, -0.25) is 10.2 Å². The fraction of sp³-hybridized carbons (Fsp3) is 0.556. The van der Waals surface area contributed by atoms with Crippen LogP contribution in [0.3, 0.4) is 0 Å². The monoisotopic (exact) mass is 543 g/mol. The SMILES string of the molecule is CC(C)[C@@H](CCC(N)=O)NC(=O)NC[C@H](CCCNC(=N)N)NC(=O)NC[C@@H](C)Cc1c[nH]c2ccccc12. The zero-order valence-electron chi connectivity index (χ0n) is 23.2. The summed E-state index contributed by atoms with van der Waals surface area (Å²) in [5.74, 6) is -0.188. The molecule has 0 saturated carbocycles. The summed E-state index contributed by atoms with van der Waals surface area (Å²) in [5.41, 5.74) is 12.9. The van der Waals surface area contributed by atoms with E-state index in [1.165, 1.54) is 10.9 Å². The van der Waals surface area contributed by atoms with E-state index >= 15 is 0 Å². The molecule has 1 aromatic carbocycles. The Morgan fingerprint density at radius 1 is 0.949 bits per heavy atom. The van der Waals surface area contributed by atoms with Crippen LogP contribution in [0.15, 0.2) is 30.5 Å². The number of hydrogen-bond donors (Lipinski definition) is 9. The molecule has 0 saturated heterocycles. The number of benzene rings is 1. The minimum atomic E-state index is -0.409. The summed E-state index contributed by atoms with van der Waals surface area (Å²) in [5, 5.41) is 22.8. The Morgan fingerprint density at radius 3 is 2.33 bits per heavy atom. The maximum Gasteiger partial charge on any atom is 0.315 e. The lowest BCUT2D eigenvalue weighted by Crippen LogP contribution is -2.51. The Bertz CT molecular complexity index is 1090. The van der Waals surface area contributed by atoms with Crippen molar-refractivity contribution in [1.82, 2.24) is 31.6 Å². The third-order valence-corrected chi connectivity index (χ3v) is 6.57. The van der Waals surface area contributed by atoms with Gasteiger partial charge in [0.25, 0.3) is 0 Å². The molecule has 1 aromatic heterocycles.